The molecule has 0 aliphatic rings. The average molecular weight is 571 g/mol. The summed E-state index contributed by atoms with van der Waals surface area (Å²) in [5, 5.41) is 12.9. The van der Waals surface area contributed by atoms with Crippen LogP contribution in [0.25, 0.3) is 0 Å². The molecule has 1 amide bonds. The number of nitrogens with zero attached hydrogens (tertiary/aromatic N) is 4. The highest BCUT2D eigenvalue weighted by molar-refractivity contribution is 6.47. The van der Waals surface area contributed by atoms with E-state index in [-0.39, 0.29) is 12.5 Å². The third kappa shape index (κ3) is 8.46. The van der Waals surface area contributed by atoms with Gasteiger partial charge in [-0.1, -0.05) is 56.9 Å². The normalized spacial score (nSPS) is 11.8. The number of oxime groups is 3. The van der Waals surface area contributed by atoms with Crippen LogP contribution < -0.4 is 9.64 Å². The van der Waals surface area contributed by atoms with Crippen LogP contribution in [0.4, 0.5) is 5.69 Å². The summed E-state index contributed by atoms with van der Waals surface area (Å²) in [5.41, 5.74) is 3.14. The first kappa shape index (κ1) is 29.5. The van der Waals surface area contributed by atoms with Crippen molar-refractivity contribution in [2.24, 2.45) is 15.5 Å². The van der Waals surface area contributed by atoms with Crippen LogP contribution in [0, 0.1) is 0 Å². The van der Waals surface area contributed by atoms with Crippen molar-refractivity contribution in [3.8, 4) is 11.5 Å². The summed E-state index contributed by atoms with van der Waals surface area (Å²) in [6.07, 6.45) is 1.09. The predicted molar refractivity (Wildman–Crippen MR) is 154 cm³/mol. The fourth-order valence-corrected chi connectivity index (χ4v) is 3.61. The summed E-state index contributed by atoms with van der Waals surface area (Å²) in [7, 11) is 3.01. The maximum Gasteiger partial charge on any atom is 0.272 e. The van der Waals surface area contributed by atoms with Gasteiger partial charge >= 0.3 is 0 Å². The zero-order valence-corrected chi connectivity index (χ0v) is 23.4. The first-order valence-electron chi connectivity index (χ1n) is 11.9. The lowest BCUT2D eigenvalue weighted by Crippen LogP contribution is -2.28. The molecule has 3 rings (SSSR count). The molecular weight excluding hydrogens is 543 g/mol. The van der Waals surface area contributed by atoms with Crippen LogP contribution in [0.1, 0.15) is 25.0 Å². The van der Waals surface area contributed by atoms with E-state index < -0.39 is 0 Å². The van der Waals surface area contributed by atoms with Gasteiger partial charge in [-0.05, 0) is 56.3 Å². The van der Waals surface area contributed by atoms with E-state index in [1.54, 1.807) is 50.4 Å². The Morgan fingerprint density at radius 1 is 0.949 bits per heavy atom. The van der Waals surface area contributed by atoms with Crippen molar-refractivity contribution in [2.75, 3.05) is 25.7 Å². The molecule has 204 valence electrons. The van der Waals surface area contributed by atoms with Gasteiger partial charge in [0.25, 0.3) is 5.91 Å². The van der Waals surface area contributed by atoms with Gasteiger partial charge in [-0.3, -0.25) is 4.79 Å². The third-order valence-corrected chi connectivity index (χ3v) is 5.99. The van der Waals surface area contributed by atoms with Gasteiger partial charge in [-0.15, -0.1) is 0 Å². The molecule has 9 nitrogen and oxygen atoms in total. The van der Waals surface area contributed by atoms with Crippen LogP contribution in [-0.4, -0.2) is 44.3 Å². The SMILES string of the molecule is CCON=C(C(C)=NOCc1ccccc1N(C)C(=O)C=NOC)c1ccc(Oc2ccc(Cl)c(Cl)c2)cc1. The van der Waals surface area contributed by atoms with Crippen LogP contribution in [0.2, 0.25) is 10.0 Å². The van der Waals surface area contributed by atoms with Crippen molar-refractivity contribution in [3.05, 3.63) is 87.9 Å². The fraction of sp³-hybridized carbons (Fsp3) is 0.214. The van der Waals surface area contributed by atoms with E-state index in [0.29, 0.717) is 45.3 Å². The van der Waals surface area contributed by atoms with Crippen LogP contribution >= 0.6 is 23.2 Å². The summed E-state index contributed by atoms with van der Waals surface area (Å²) in [4.78, 5) is 29.3. The van der Waals surface area contributed by atoms with Gasteiger partial charge in [0.2, 0.25) is 0 Å². The van der Waals surface area contributed by atoms with Crippen LogP contribution in [0.15, 0.2) is 82.2 Å². The summed E-state index contributed by atoms with van der Waals surface area (Å²) in [5.74, 6) is 0.816. The molecule has 0 aliphatic heterocycles. The van der Waals surface area contributed by atoms with Crippen LogP contribution in [0.3, 0.4) is 0 Å². The number of hydrogen-bond donors (Lipinski definition) is 0. The van der Waals surface area contributed by atoms with Crippen molar-refractivity contribution in [2.45, 2.75) is 20.5 Å². The number of para-hydroxylation sites is 1. The van der Waals surface area contributed by atoms with Gasteiger partial charge in [0.15, 0.2) is 0 Å². The Bertz CT molecular complexity index is 1360. The molecule has 0 spiro atoms. The number of anilines is 1. The number of benzene rings is 3. The van der Waals surface area contributed by atoms with Crippen molar-refractivity contribution >= 4 is 52.4 Å². The van der Waals surface area contributed by atoms with Crippen molar-refractivity contribution in [1.82, 2.24) is 0 Å². The highest BCUT2D eigenvalue weighted by atomic mass is 35.5. The zero-order chi connectivity index (χ0) is 28.2. The number of carbonyl (C=O) groups is 1. The predicted octanol–water partition coefficient (Wildman–Crippen LogP) is 6.71. The standard InChI is InChI=1S/C28H28Cl2N4O5/c1-5-37-33-28(20-10-12-22(13-11-20)39-23-14-15-24(29)25(30)16-23)19(2)32-38-18-21-8-6-7-9-26(21)34(3)27(35)17-31-36-4/h6-17H,5,18H2,1-4H3. The van der Waals surface area contributed by atoms with E-state index in [1.807, 2.05) is 37.3 Å². The molecule has 39 heavy (non-hydrogen) atoms. The lowest BCUT2D eigenvalue weighted by Gasteiger charge is -2.18. The molecule has 0 fully saturated rings. The van der Waals surface area contributed by atoms with Crippen LogP contribution in [-0.2, 0) is 25.9 Å². The minimum Gasteiger partial charge on any atom is -0.457 e. The van der Waals surface area contributed by atoms with Gasteiger partial charge < -0.3 is 24.1 Å². The minimum absolute atomic E-state index is 0.116. The molecule has 0 radical (unpaired) electrons. The third-order valence-electron chi connectivity index (χ3n) is 5.26. The Morgan fingerprint density at radius 3 is 2.36 bits per heavy atom. The van der Waals surface area contributed by atoms with Gasteiger partial charge in [0, 0.05) is 24.2 Å². The van der Waals surface area contributed by atoms with Gasteiger partial charge in [0.1, 0.15) is 49.5 Å². The van der Waals surface area contributed by atoms with E-state index in [9.17, 15) is 4.79 Å². The monoisotopic (exact) mass is 570 g/mol. The van der Waals surface area contributed by atoms with E-state index in [0.717, 1.165) is 17.3 Å². The summed E-state index contributed by atoms with van der Waals surface area (Å²) >= 11 is 12.0. The fourth-order valence-electron chi connectivity index (χ4n) is 3.32. The molecule has 0 aliphatic carbocycles. The minimum atomic E-state index is -0.346. The Balaban J connectivity index is 1.73. The Morgan fingerprint density at radius 2 is 1.67 bits per heavy atom. The second-order valence-corrected chi connectivity index (χ2v) is 8.77. The van der Waals surface area contributed by atoms with E-state index in [2.05, 4.69) is 20.3 Å². The Labute approximate surface area is 237 Å². The lowest BCUT2D eigenvalue weighted by molar-refractivity contribution is -0.112. The second-order valence-electron chi connectivity index (χ2n) is 7.95. The first-order valence-corrected chi connectivity index (χ1v) is 12.6. The molecule has 3 aromatic rings. The first-order chi connectivity index (χ1) is 18.8. The molecule has 11 heteroatoms. The molecule has 0 bridgehead atoms. The van der Waals surface area contributed by atoms with E-state index in [4.69, 9.17) is 37.6 Å². The average Bonchev–Trinajstić information content (AvgIpc) is 2.94. The Hall–Kier alpha value is -4.08. The number of halogens is 2. The number of hydrogen-bond acceptors (Lipinski definition) is 8. The molecule has 0 atom stereocenters. The molecule has 0 saturated heterocycles. The van der Waals surface area contributed by atoms with Crippen molar-refractivity contribution < 1.29 is 24.0 Å². The molecule has 0 N–H and O–H groups in total. The van der Waals surface area contributed by atoms with E-state index in [1.165, 1.54) is 12.0 Å². The van der Waals surface area contributed by atoms with Crippen molar-refractivity contribution in [1.29, 1.82) is 0 Å². The molecule has 3 aromatic carbocycles. The lowest BCUT2D eigenvalue weighted by atomic mass is 10.1. The molecule has 0 aromatic heterocycles. The highest BCUT2D eigenvalue weighted by Crippen LogP contribution is 2.29. The molecule has 0 saturated carbocycles. The summed E-state index contributed by atoms with van der Waals surface area (Å²) in [6, 6.07) is 19.6. The molecule has 0 unspecified atom stereocenters. The quantitative estimate of drug-likeness (QED) is 0.178. The van der Waals surface area contributed by atoms with Gasteiger partial charge in [-0.25, -0.2) is 0 Å². The Kier molecular flexibility index (Phi) is 11.1. The second kappa shape index (κ2) is 14.8. The van der Waals surface area contributed by atoms with Crippen LogP contribution in [0.5, 0.6) is 11.5 Å². The highest BCUT2D eigenvalue weighted by Gasteiger charge is 2.14. The number of rotatable bonds is 12. The summed E-state index contributed by atoms with van der Waals surface area (Å²) in [6.45, 7) is 4.10. The van der Waals surface area contributed by atoms with Gasteiger partial charge in [-0.2, -0.15) is 0 Å². The van der Waals surface area contributed by atoms with Crippen molar-refractivity contribution in [3.63, 3.8) is 0 Å². The van der Waals surface area contributed by atoms with E-state index >= 15 is 0 Å². The number of ether oxygens (including phenoxy) is 1. The number of amides is 1. The van der Waals surface area contributed by atoms with Gasteiger partial charge in [0.05, 0.1) is 15.7 Å². The maximum absolute atomic E-state index is 12.3. The largest absolute Gasteiger partial charge is 0.457 e. The summed E-state index contributed by atoms with van der Waals surface area (Å²) < 4.78 is 5.86. The zero-order valence-electron chi connectivity index (χ0n) is 21.9. The molecular formula is C28H28Cl2N4O5. The number of carbonyl (C=O) groups excluding carboxylic acids is 1. The molecule has 0 heterocycles. The smallest absolute Gasteiger partial charge is 0.272 e. The maximum atomic E-state index is 12.3. The topological polar surface area (TPSA) is 94.3 Å².